The summed E-state index contributed by atoms with van der Waals surface area (Å²) in [6.07, 6.45) is 0.918. The predicted octanol–water partition coefficient (Wildman–Crippen LogP) is 3.99. The highest BCUT2D eigenvalue weighted by molar-refractivity contribution is 14.0. The molecule has 0 saturated carbocycles. The molecule has 6 nitrogen and oxygen atoms in total. The standard InChI is InChI=1S/C23H33N3O3.HI/c1-3-24-23(25-14-7-15-28-17-16-27-2)26-18-20-10-12-22(13-11-20)29-19-21-8-5-4-6-9-21;/h4-6,8-13H,3,7,14-19H2,1-2H3,(H2,24,25,26);1H. The summed E-state index contributed by atoms with van der Waals surface area (Å²) < 4.78 is 16.3. The van der Waals surface area contributed by atoms with Crippen LogP contribution < -0.4 is 15.4 Å². The van der Waals surface area contributed by atoms with Crippen molar-refractivity contribution >= 4 is 29.9 Å². The number of hydrogen-bond donors (Lipinski definition) is 2. The summed E-state index contributed by atoms with van der Waals surface area (Å²) in [6.45, 7) is 6.85. The summed E-state index contributed by atoms with van der Waals surface area (Å²) in [6, 6.07) is 18.2. The molecule has 2 rings (SSSR count). The summed E-state index contributed by atoms with van der Waals surface area (Å²) in [5.41, 5.74) is 2.30. The van der Waals surface area contributed by atoms with Crippen molar-refractivity contribution < 1.29 is 14.2 Å². The van der Waals surface area contributed by atoms with Crippen molar-refractivity contribution in [2.75, 3.05) is 40.0 Å². The van der Waals surface area contributed by atoms with Crippen LogP contribution in [0.1, 0.15) is 24.5 Å². The number of ether oxygens (including phenoxy) is 3. The van der Waals surface area contributed by atoms with Gasteiger partial charge < -0.3 is 24.8 Å². The van der Waals surface area contributed by atoms with Gasteiger partial charge in [-0.2, -0.15) is 0 Å². The largest absolute Gasteiger partial charge is 0.489 e. The van der Waals surface area contributed by atoms with Crippen molar-refractivity contribution in [3.05, 3.63) is 65.7 Å². The van der Waals surface area contributed by atoms with Crippen LogP contribution in [0.5, 0.6) is 5.75 Å². The molecule has 0 aliphatic rings. The van der Waals surface area contributed by atoms with E-state index in [2.05, 4.69) is 46.8 Å². The molecule has 0 spiro atoms. The molecule has 2 aromatic carbocycles. The Kier molecular flexibility index (Phi) is 14.8. The van der Waals surface area contributed by atoms with Crippen LogP contribution in [0, 0.1) is 0 Å². The highest BCUT2D eigenvalue weighted by atomic mass is 127. The molecule has 0 amide bonds. The molecule has 0 radical (unpaired) electrons. The Labute approximate surface area is 197 Å². The third-order valence-electron chi connectivity index (χ3n) is 4.13. The summed E-state index contributed by atoms with van der Waals surface area (Å²) in [5, 5.41) is 6.60. The molecule has 0 heterocycles. The van der Waals surface area contributed by atoms with Gasteiger partial charge in [-0.3, -0.25) is 0 Å². The molecule has 0 aliphatic heterocycles. The maximum absolute atomic E-state index is 5.83. The molecule has 7 heteroatoms. The van der Waals surface area contributed by atoms with E-state index in [0.29, 0.717) is 33.0 Å². The molecule has 0 aromatic heterocycles. The van der Waals surface area contributed by atoms with Crippen molar-refractivity contribution in [3.8, 4) is 5.75 Å². The molecule has 0 fully saturated rings. The second-order valence-electron chi connectivity index (χ2n) is 6.50. The van der Waals surface area contributed by atoms with Crippen LogP contribution in [-0.4, -0.2) is 46.0 Å². The predicted molar refractivity (Wildman–Crippen MR) is 133 cm³/mol. The molecular weight excluding hydrogens is 493 g/mol. The molecule has 0 saturated heterocycles. The minimum atomic E-state index is 0. The maximum Gasteiger partial charge on any atom is 0.191 e. The van der Waals surface area contributed by atoms with E-state index in [1.165, 1.54) is 0 Å². The minimum Gasteiger partial charge on any atom is -0.489 e. The van der Waals surface area contributed by atoms with Crippen molar-refractivity contribution in [3.63, 3.8) is 0 Å². The van der Waals surface area contributed by atoms with Gasteiger partial charge in [0.2, 0.25) is 0 Å². The Morgan fingerprint density at radius 1 is 0.900 bits per heavy atom. The Hall–Kier alpha value is -1.84. The molecular formula is C23H34IN3O3. The van der Waals surface area contributed by atoms with Gasteiger partial charge in [-0.25, -0.2) is 4.99 Å². The molecule has 0 unspecified atom stereocenters. The fourth-order valence-corrected chi connectivity index (χ4v) is 2.57. The van der Waals surface area contributed by atoms with Gasteiger partial charge in [0.1, 0.15) is 12.4 Å². The molecule has 0 bridgehead atoms. The smallest absolute Gasteiger partial charge is 0.191 e. The van der Waals surface area contributed by atoms with E-state index in [0.717, 1.165) is 42.3 Å². The fourth-order valence-electron chi connectivity index (χ4n) is 2.57. The van der Waals surface area contributed by atoms with Gasteiger partial charge in [-0.05, 0) is 36.6 Å². The Morgan fingerprint density at radius 3 is 2.37 bits per heavy atom. The van der Waals surface area contributed by atoms with Crippen LogP contribution >= 0.6 is 24.0 Å². The third-order valence-corrected chi connectivity index (χ3v) is 4.13. The average Bonchev–Trinajstić information content (AvgIpc) is 2.77. The Morgan fingerprint density at radius 2 is 1.67 bits per heavy atom. The van der Waals surface area contributed by atoms with Crippen LogP contribution in [0.25, 0.3) is 0 Å². The van der Waals surface area contributed by atoms with Crippen LogP contribution in [-0.2, 0) is 22.6 Å². The normalized spacial score (nSPS) is 10.9. The molecule has 2 aromatic rings. The molecule has 0 atom stereocenters. The summed E-state index contributed by atoms with van der Waals surface area (Å²) in [7, 11) is 1.68. The van der Waals surface area contributed by atoms with Gasteiger partial charge in [0.05, 0.1) is 19.8 Å². The van der Waals surface area contributed by atoms with E-state index in [4.69, 9.17) is 14.2 Å². The fraction of sp³-hybridized carbons (Fsp3) is 0.435. The molecule has 166 valence electrons. The van der Waals surface area contributed by atoms with E-state index >= 15 is 0 Å². The molecule has 0 aliphatic carbocycles. The van der Waals surface area contributed by atoms with Gasteiger partial charge in [-0.15, -0.1) is 24.0 Å². The van der Waals surface area contributed by atoms with E-state index in [1.807, 2.05) is 30.3 Å². The number of nitrogens with zero attached hydrogens (tertiary/aromatic N) is 1. The first-order valence-corrected chi connectivity index (χ1v) is 10.2. The number of benzene rings is 2. The lowest BCUT2D eigenvalue weighted by Gasteiger charge is -2.11. The monoisotopic (exact) mass is 527 g/mol. The van der Waals surface area contributed by atoms with Crippen LogP contribution in [0.15, 0.2) is 59.6 Å². The zero-order valence-corrected chi connectivity index (χ0v) is 20.3. The second kappa shape index (κ2) is 16.9. The number of aliphatic imine (C=N–C) groups is 1. The average molecular weight is 527 g/mol. The SMILES string of the molecule is CCNC(=NCc1ccc(OCc2ccccc2)cc1)NCCCOCCOC.I. The molecule has 30 heavy (non-hydrogen) atoms. The molecule has 2 N–H and O–H groups in total. The minimum absolute atomic E-state index is 0. The summed E-state index contributed by atoms with van der Waals surface area (Å²) in [5.74, 6) is 1.67. The first-order valence-electron chi connectivity index (χ1n) is 10.2. The van der Waals surface area contributed by atoms with Gasteiger partial charge in [0.25, 0.3) is 0 Å². The first kappa shape index (κ1) is 26.2. The number of hydrogen-bond acceptors (Lipinski definition) is 4. The lowest BCUT2D eigenvalue weighted by Crippen LogP contribution is -2.38. The van der Waals surface area contributed by atoms with E-state index in [1.54, 1.807) is 7.11 Å². The lowest BCUT2D eigenvalue weighted by molar-refractivity contribution is 0.0698. The van der Waals surface area contributed by atoms with Crippen molar-refractivity contribution in [1.29, 1.82) is 0 Å². The van der Waals surface area contributed by atoms with E-state index < -0.39 is 0 Å². The van der Waals surface area contributed by atoms with Crippen LogP contribution in [0.2, 0.25) is 0 Å². The van der Waals surface area contributed by atoms with Gasteiger partial charge in [0, 0.05) is 26.8 Å². The Balaban J connectivity index is 0.00000450. The van der Waals surface area contributed by atoms with Crippen molar-refractivity contribution in [2.24, 2.45) is 4.99 Å². The Bertz CT molecular complexity index is 697. The zero-order valence-electron chi connectivity index (χ0n) is 17.9. The van der Waals surface area contributed by atoms with E-state index in [-0.39, 0.29) is 24.0 Å². The number of nitrogens with one attached hydrogen (secondary N) is 2. The van der Waals surface area contributed by atoms with Crippen LogP contribution in [0.4, 0.5) is 0 Å². The topological polar surface area (TPSA) is 64.1 Å². The second-order valence-corrected chi connectivity index (χ2v) is 6.50. The highest BCUT2D eigenvalue weighted by Crippen LogP contribution is 2.14. The van der Waals surface area contributed by atoms with E-state index in [9.17, 15) is 0 Å². The third kappa shape index (κ3) is 11.4. The van der Waals surface area contributed by atoms with Crippen LogP contribution in [0.3, 0.4) is 0 Å². The number of halogens is 1. The van der Waals surface area contributed by atoms with Crippen molar-refractivity contribution in [1.82, 2.24) is 10.6 Å². The first-order chi connectivity index (χ1) is 14.3. The lowest BCUT2D eigenvalue weighted by atomic mass is 10.2. The highest BCUT2D eigenvalue weighted by Gasteiger charge is 2.00. The maximum atomic E-state index is 5.83. The van der Waals surface area contributed by atoms with Gasteiger partial charge in [-0.1, -0.05) is 42.5 Å². The summed E-state index contributed by atoms with van der Waals surface area (Å²) in [4.78, 5) is 4.65. The quantitative estimate of drug-likeness (QED) is 0.179. The van der Waals surface area contributed by atoms with Gasteiger partial charge >= 0.3 is 0 Å². The van der Waals surface area contributed by atoms with Gasteiger partial charge in [0.15, 0.2) is 5.96 Å². The van der Waals surface area contributed by atoms with Crippen molar-refractivity contribution in [2.45, 2.75) is 26.5 Å². The summed E-state index contributed by atoms with van der Waals surface area (Å²) >= 11 is 0. The number of methoxy groups -OCH3 is 1. The number of guanidine groups is 1. The zero-order chi connectivity index (χ0) is 20.6. The number of rotatable bonds is 13.